The highest BCUT2D eigenvalue weighted by Gasteiger charge is 2.12. The second-order valence-electron chi connectivity index (χ2n) is 4.52. The molecule has 0 unspecified atom stereocenters. The maximum atomic E-state index is 11.7. The zero-order valence-corrected chi connectivity index (χ0v) is 11.1. The Bertz CT molecular complexity index is 338. The molecular formula is C15H23NO2. The van der Waals surface area contributed by atoms with Crippen molar-refractivity contribution in [2.75, 3.05) is 6.61 Å². The molecule has 3 nitrogen and oxygen atoms in total. The van der Waals surface area contributed by atoms with Crippen LogP contribution in [-0.2, 0) is 4.79 Å². The van der Waals surface area contributed by atoms with E-state index in [2.05, 4.69) is 12.2 Å². The van der Waals surface area contributed by atoms with Crippen LogP contribution < -0.4 is 5.32 Å². The van der Waals surface area contributed by atoms with Crippen molar-refractivity contribution in [2.24, 2.45) is 0 Å². The summed E-state index contributed by atoms with van der Waals surface area (Å²) in [5, 5.41) is 12.2. The van der Waals surface area contributed by atoms with E-state index in [4.69, 9.17) is 0 Å². The molecule has 1 aromatic carbocycles. The van der Waals surface area contributed by atoms with Crippen LogP contribution in [0.3, 0.4) is 0 Å². The average Bonchev–Trinajstić information content (AvgIpc) is 2.42. The third kappa shape index (κ3) is 5.32. The largest absolute Gasteiger partial charge is 0.394 e. The molecule has 1 atom stereocenters. The molecule has 1 rings (SSSR count). The minimum Gasteiger partial charge on any atom is -0.394 e. The van der Waals surface area contributed by atoms with Crippen molar-refractivity contribution in [1.82, 2.24) is 5.32 Å². The monoisotopic (exact) mass is 249 g/mol. The first-order valence-corrected chi connectivity index (χ1v) is 6.73. The van der Waals surface area contributed by atoms with Crippen molar-refractivity contribution >= 4 is 5.91 Å². The highest BCUT2D eigenvalue weighted by atomic mass is 16.3. The van der Waals surface area contributed by atoms with Crippen molar-refractivity contribution in [3.63, 3.8) is 0 Å². The number of rotatable bonds is 8. The van der Waals surface area contributed by atoms with Gasteiger partial charge in [0.05, 0.1) is 12.6 Å². The van der Waals surface area contributed by atoms with Gasteiger partial charge >= 0.3 is 0 Å². The minimum atomic E-state index is -0.287. The summed E-state index contributed by atoms with van der Waals surface area (Å²) in [6.07, 6.45) is 4.91. The van der Waals surface area contributed by atoms with Crippen LogP contribution in [0.5, 0.6) is 0 Å². The number of nitrogens with one attached hydrogen (secondary N) is 1. The number of benzene rings is 1. The van der Waals surface area contributed by atoms with Crippen LogP contribution in [0, 0.1) is 0 Å². The maximum Gasteiger partial charge on any atom is 0.220 e. The van der Waals surface area contributed by atoms with E-state index in [0.717, 1.165) is 18.4 Å². The predicted molar refractivity (Wildman–Crippen MR) is 73.2 cm³/mol. The third-order valence-electron chi connectivity index (χ3n) is 2.98. The van der Waals surface area contributed by atoms with Gasteiger partial charge in [0.1, 0.15) is 0 Å². The molecular weight excluding hydrogens is 226 g/mol. The Hall–Kier alpha value is -1.35. The molecule has 0 radical (unpaired) electrons. The second kappa shape index (κ2) is 8.70. The fourth-order valence-corrected chi connectivity index (χ4v) is 1.90. The van der Waals surface area contributed by atoms with E-state index in [9.17, 15) is 9.90 Å². The fourth-order valence-electron chi connectivity index (χ4n) is 1.90. The summed E-state index contributed by atoms with van der Waals surface area (Å²) < 4.78 is 0. The SMILES string of the molecule is CCCCCCC(=O)N[C@@H](CO)c1ccccc1. The van der Waals surface area contributed by atoms with Crippen LogP contribution in [0.1, 0.15) is 50.6 Å². The lowest BCUT2D eigenvalue weighted by Crippen LogP contribution is -2.30. The van der Waals surface area contributed by atoms with Crippen molar-refractivity contribution in [2.45, 2.75) is 45.1 Å². The quantitative estimate of drug-likeness (QED) is 0.696. The smallest absolute Gasteiger partial charge is 0.220 e. The van der Waals surface area contributed by atoms with Crippen molar-refractivity contribution in [1.29, 1.82) is 0 Å². The number of hydrogen-bond donors (Lipinski definition) is 2. The molecule has 0 aliphatic heterocycles. The maximum absolute atomic E-state index is 11.7. The number of unbranched alkanes of at least 4 members (excludes halogenated alkanes) is 3. The molecule has 0 spiro atoms. The molecule has 3 heteroatoms. The van der Waals surface area contributed by atoms with E-state index in [-0.39, 0.29) is 18.6 Å². The molecule has 1 aromatic rings. The lowest BCUT2D eigenvalue weighted by Gasteiger charge is -2.16. The van der Waals surface area contributed by atoms with Crippen LogP contribution in [-0.4, -0.2) is 17.6 Å². The summed E-state index contributed by atoms with van der Waals surface area (Å²) in [5.74, 6) is 0.0222. The van der Waals surface area contributed by atoms with Gasteiger partial charge < -0.3 is 10.4 Å². The molecule has 0 bridgehead atoms. The lowest BCUT2D eigenvalue weighted by atomic mass is 10.1. The molecule has 0 aliphatic rings. The first kappa shape index (κ1) is 14.7. The van der Waals surface area contributed by atoms with Crippen LogP contribution in [0.4, 0.5) is 0 Å². The molecule has 1 amide bonds. The van der Waals surface area contributed by atoms with Crippen LogP contribution in [0.2, 0.25) is 0 Å². The summed E-state index contributed by atoms with van der Waals surface area (Å²) in [7, 11) is 0. The Morgan fingerprint density at radius 1 is 1.22 bits per heavy atom. The average molecular weight is 249 g/mol. The number of aliphatic hydroxyl groups is 1. The number of carbonyl (C=O) groups is 1. The Kier molecular flexibility index (Phi) is 7.11. The van der Waals surface area contributed by atoms with Crippen molar-refractivity contribution < 1.29 is 9.90 Å². The van der Waals surface area contributed by atoms with Crippen LogP contribution in [0.25, 0.3) is 0 Å². The minimum absolute atomic E-state index is 0.0222. The topological polar surface area (TPSA) is 49.3 Å². The molecule has 18 heavy (non-hydrogen) atoms. The van der Waals surface area contributed by atoms with E-state index < -0.39 is 0 Å². The van der Waals surface area contributed by atoms with Crippen molar-refractivity contribution in [3.05, 3.63) is 35.9 Å². The van der Waals surface area contributed by atoms with Gasteiger partial charge in [-0.05, 0) is 12.0 Å². The predicted octanol–water partition coefficient (Wildman–Crippen LogP) is 2.81. The van der Waals surface area contributed by atoms with Gasteiger partial charge in [0, 0.05) is 6.42 Å². The normalized spacial score (nSPS) is 12.1. The number of amides is 1. The molecule has 2 N–H and O–H groups in total. The van der Waals surface area contributed by atoms with E-state index in [0.29, 0.717) is 6.42 Å². The van der Waals surface area contributed by atoms with Gasteiger partial charge in [-0.1, -0.05) is 56.5 Å². The van der Waals surface area contributed by atoms with Gasteiger partial charge in [0.2, 0.25) is 5.91 Å². The van der Waals surface area contributed by atoms with Gasteiger partial charge in [0.25, 0.3) is 0 Å². The molecule has 0 heterocycles. The third-order valence-corrected chi connectivity index (χ3v) is 2.98. The van der Waals surface area contributed by atoms with Gasteiger partial charge in [0.15, 0.2) is 0 Å². The van der Waals surface area contributed by atoms with Gasteiger partial charge in [-0.15, -0.1) is 0 Å². The molecule has 0 aliphatic carbocycles. The lowest BCUT2D eigenvalue weighted by molar-refractivity contribution is -0.122. The summed E-state index contributed by atoms with van der Waals surface area (Å²) in [4.78, 5) is 11.7. The van der Waals surface area contributed by atoms with Gasteiger partial charge in [-0.2, -0.15) is 0 Å². The van der Waals surface area contributed by atoms with E-state index in [1.54, 1.807) is 0 Å². The van der Waals surface area contributed by atoms with Gasteiger partial charge in [-0.25, -0.2) is 0 Å². The van der Waals surface area contributed by atoms with Crippen molar-refractivity contribution in [3.8, 4) is 0 Å². The Morgan fingerprint density at radius 3 is 2.56 bits per heavy atom. The Balaban J connectivity index is 2.37. The summed E-state index contributed by atoms with van der Waals surface area (Å²) in [6.45, 7) is 2.09. The number of aliphatic hydroxyl groups excluding tert-OH is 1. The summed E-state index contributed by atoms with van der Waals surface area (Å²) in [6, 6.07) is 9.28. The molecule has 100 valence electrons. The number of carbonyl (C=O) groups excluding carboxylic acids is 1. The van der Waals surface area contributed by atoms with Crippen LogP contribution >= 0.6 is 0 Å². The zero-order chi connectivity index (χ0) is 13.2. The zero-order valence-electron chi connectivity index (χ0n) is 11.1. The standard InChI is InChI=1S/C15H23NO2/c1-2-3-4-8-11-15(18)16-14(12-17)13-9-6-5-7-10-13/h5-7,9-10,14,17H,2-4,8,11-12H2,1H3,(H,16,18)/t14-/m0/s1. The van der Waals surface area contributed by atoms with Crippen LogP contribution in [0.15, 0.2) is 30.3 Å². The Morgan fingerprint density at radius 2 is 1.94 bits per heavy atom. The van der Waals surface area contributed by atoms with Gasteiger partial charge in [-0.3, -0.25) is 4.79 Å². The summed E-state index contributed by atoms with van der Waals surface area (Å²) >= 11 is 0. The highest BCUT2D eigenvalue weighted by molar-refractivity contribution is 5.76. The Labute approximate surface area is 109 Å². The molecule has 0 saturated carbocycles. The number of hydrogen-bond acceptors (Lipinski definition) is 2. The molecule has 0 saturated heterocycles. The second-order valence-corrected chi connectivity index (χ2v) is 4.52. The summed E-state index contributed by atoms with van der Waals surface area (Å²) in [5.41, 5.74) is 0.946. The van der Waals surface area contributed by atoms with E-state index in [1.165, 1.54) is 12.8 Å². The fraction of sp³-hybridized carbons (Fsp3) is 0.533. The highest BCUT2D eigenvalue weighted by Crippen LogP contribution is 2.12. The van der Waals surface area contributed by atoms with E-state index in [1.807, 2.05) is 30.3 Å². The van der Waals surface area contributed by atoms with E-state index >= 15 is 0 Å². The first-order chi connectivity index (χ1) is 8.77. The molecule has 0 fully saturated rings. The first-order valence-electron chi connectivity index (χ1n) is 6.73. The molecule has 0 aromatic heterocycles.